The maximum Gasteiger partial charge on any atom is 0.490 e. The van der Waals surface area contributed by atoms with E-state index < -0.39 is 12.1 Å². The molecule has 2 fully saturated rings. The summed E-state index contributed by atoms with van der Waals surface area (Å²) in [5.74, 6) is -2.49. The second-order valence-electron chi connectivity index (χ2n) is 6.39. The number of carboxylic acid groups (broad SMARTS) is 1. The Morgan fingerprint density at radius 2 is 1.85 bits per heavy atom. The van der Waals surface area contributed by atoms with Crippen LogP contribution in [-0.2, 0) is 14.3 Å². The summed E-state index contributed by atoms with van der Waals surface area (Å²) in [7, 11) is 1.74. The van der Waals surface area contributed by atoms with Crippen LogP contribution >= 0.6 is 0 Å². The summed E-state index contributed by atoms with van der Waals surface area (Å²) in [5.41, 5.74) is 1.04. The lowest BCUT2D eigenvalue weighted by Crippen LogP contribution is -2.52. The summed E-state index contributed by atoms with van der Waals surface area (Å²) in [5, 5.41) is 7.12. The molecule has 1 N–H and O–H groups in total. The number of benzene rings is 1. The third kappa shape index (κ3) is 5.43. The number of carboxylic acids is 1. The van der Waals surface area contributed by atoms with Gasteiger partial charge in [0, 0.05) is 38.3 Å². The van der Waals surface area contributed by atoms with E-state index in [-0.39, 0.29) is 5.91 Å². The second kappa shape index (κ2) is 9.18. The Labute approximate surface area is 155 Å². The van der Waals surface area contributed by atoms with Gasteiger partial charge in [-0.15, -0.1) is 0 Å². The molecule has 2 saturated heterocycles. The van der Waals surface area contributed by atoms with Crippen molar-refractivity contribution in [2.24, 2.45) is 0 Å². The summed E-state index contributed by atoms with van der Waals surface area (Å²) in [6, 6.07) is 10.9. The number of anilines is 1. The molecule has 2 aliphatic heterocycles. The maximum atomic E-state index is 12.3. The number of hydrogen-bond donors (Lipinski definition) is 1. The molecular weight excluding hydrogens is 365 g/mol. The highest BCUT2D eigenvalue weighted by molar-refractivity contribution is 5.95. The molecule has 2 heterocycles. The van der Waals surface area contributed by atoms with E-state index in [1.165, 1.54) is 0 Å². The van der Waals surface area contributed by atoms with Gasteiger partial charge in [-0.2, -0.15) is 13.2 Å². The summed E-state index contributed by atoms with van der Waals surface area (Å²) < 4.78 is 36.9. The minimum absolute atomic E-state index is 0.269. The van der Waals surface area contributed by atoms with E-state index in [1.807, 2.05) is 35.2 Å². The number of aliphatic carboxylic acids is 1. The number of likely N-dealkylation sites (tertiary alicyclic amines) is 1. The van der Waals surface area contributed by atoms with E-state index in [1.54, 1.807) is 7.11 Å². The van der Waals surface area contributed by atoms with Crippen LogP contribution in [0, 0.1) is 0 Å². The standard InChI is InChI=1S/C16H22N2O2.C2HF3O2/c1-20-12-11-17-10-9-15-14(17)7-8-16(19)18(15)13-5-3-2-4-6-13;3-2(4,5)1(6)7/h2-6,14-15H,7-12H2,1H3;(H,6,7)/t14-,15-;/m0./s1. The van der Waals surface area contributed by atoms with Crippen LogP contribution in [0.1, 0.15) is 19.3 Å². The molecular formula is C18H23F3N2O4. The van der Waals surface area contributed by atoms with Crippen LogP contribution in [0.25, 0.3) is 0 Å². The predicted molar refractivity (Wildman–Crippen MR) is 92.5 cm³/mol. The highest BCUT2D eigenvalue weighted by atomic mass is 19.4. The van der Waals surface area contributed by atoms with Crippen molar-refractivity contribution in [1.82, 2.24) is 4.90 Å². The normalized spacial score (nSPS) is 22.8. The van der Waals surface area contributed by atoms with Crippen LogP contribution in [0.4, 0.5) is 18.9 Å². The number of amides is 1. The van der Waals surface area contributed by atoms with Gasteiger partial charge >= 0.3 is 12.1 Å². The maximum absolute atomic E-state index is 12.3. The molecule has 27 heavy (non-hydrogen) atoms. The van der Waals surface area contributed by atoms with E-state index in [0.29, 0.717) is 18.5 Å². The minimum atomic E-state index is -5.08. The van der Waals surface area contributed by atoms with Gasteiger partial charge < -0.3 is 14.7 Å². The first kappa shape index (κ1) is 21.2. The molecule has 1 aromatic rings. The van der Waals surface area contributed by atoms with Gasteiger partial charge in [-0.25, -0.2) is 4.79 Å². The number of fused-ring (bicyclic) bond motifs is 1. The van der Waals surface area contributed by atoms with E-state index in [4.69, 9.17) is 14.6 Å². The van der Waals surface area contributed by atoms with Crippen molar-refractivity contribution in [2.45, 2.75) is 37.5 Å². The fraction of sp³-hybridized carbons (Fsp3) is 0.556. The Hall–Kier alpha value is -2.13. The number of nitrogens with zero attached hydrogens (tertiary/aromatic N) is 2. The first-order chi connectivity index (χ1) is 12.8. The molecule has 9 heteroatoms. The van der Waals surface area contributed by atoms with Crippen molar-refractivity contribution < 1.29 is 32.6 Å². The van der Waals surface area contributed by atoms with Gasteiger partial charge in [0.15, 0.2) is 0 Å². The average Bonchev–Trinajstić information content (AvgIpc) is 3.03. The first-order valence-corrected chi connectivity index (χ1v) is 8.66. The Kier molecular flexibility index (Phi) is 7.20. The third-order valence-corrected chi connectivity index (χ3v) is 4.74. The number of piperidine rings is 1. The lowest BCUT2D eigenvalue weighted by atomic mass is 9.95. The summed E-state index contributed by atoms with van der Waals surface area (Å²) in [6.07, 6.45) is -2.38. The third-order valence-electron chi connectivity index (χ3n) is 4.74. The Bertz CT molecular complexity index is 639. The van der Waals surface area contributed by atoms with Gasteiger partial charge in [0.2, 0.25) is 5.91 Å². The van der Waals surface area contributed by atoms with Crippen LogP contribution in [0.3, 0.4) is 0 Å². The zero-order chi connectivity index (χ0) is 20.0. The Balaban J connectivity index is 0.000000321. The average molecular weight is 388 g/mol. The van der Waals surface area contributed by atoms with Crippen LogP contribution in [-0.4, -0.2) is 66.9 Å². The molecule has 3 rings (SSSR count). The number of rotatable bonds is 4. The molecule has 0 spiro atoms. The number of ether oxygens (including phenoxy) is 1. The van der Waals surface area contributed by atoms with Gasteiger partial charge in [0.05, 0.1) is 12.6 Å². The molecule has 0 radical (unpaired) electrons. The molecule has 0 aliphatic carbocycles. The monoisotopic (exact) mass is 388 g/mol. The van der Waals surface area contributed by atoms with E-state index in [9.17, 15) is 18.0 Å². The highest BCUT2D eigenvalue weighted by Crippen LogP contribution is 2.34. The van der Waals surface area contributed by atoms with Crippen molar-refractivity contribution in [3.05, 3.63) is 30.3 Å². The van der Waals surface area contributed by atoms with Gasteiger partial charge in [-0.3, -0.25) is 9.69 Å². The lowest BCUT2D eigenvalue weighted by Gasteiger charge is -2.39. The zero-order valence-corrected chi connectivity index (χ0v) is 15.0. The van der Waals surface area contributed by atoms with Crippen LogP contribution in [0.5, 0.6) is 0 Å². The van der Waals surface area contributed by atoms with Crippen molar-refractivity contribution in [2.75, 3.05) is 31.7 Å². The minimum Gasteiger partial charge on any atom is -0.475 e. The van der Waals surface area contributed by atoms with Crippen LogP contribution < -0.4 is 4.90 Å². The number of methoxy groups -OCH3 is 1. The summed E-state index contributed by atoms with van der Waals surface area (Å²) >= 11 is 0. The molecule has 0 unspecified atom stereocenters. The number of carbonyl (C=O) groups excluding carboxylic acids is 1. The van der Waals surface area contributed by atoms with Crippen molar-refractivity contribution in [3.63, 3.8) is 0 Å². The molecule has 1 amide bonds. The first-order valence-electron chi connectivity index (χ1n) is 8.66. The molecule has 2 aliphatic rings. The van der Waals surface area contributed by atoms with Gasteiger partial charge in [0.25, 0.3) is 0 Å². The summed E-state index contributed by atoms with van der Waals surface area (Å²) in [4.78, 5) is 25.7. The fourth-order valence-corrected chi connectivity index (χ4v) is 3.56. The largest absolute Gasteiger partial charge is 0.490 e. The predicted octanol–water partition coefficient (Wildman–Crippen LogP) is 2.54. The van der Waals surface area contributed by atoms with Crippen molar-refractivity contribution >= 4 is 17.6 Å². The summed E-state index contributed by atoms with van der Waals surface area (Å²) in [6.45, 7) is 2.80. The number of hydrogen-bond acceptors (Lipinski definition) is 4. The molecule has 0 bridgehead atoms. The highest BCUT2D eigenvalue weighted by Gasteiger charge is 2.43. The molecule has 0 saturated carbocycles. The number of halogens is 3. The number of alkyl halides is 3. The van der Waals surface area contributed by atoms with Gasteiger partial charge in [0.1, 0.15) is 0 Å². The lowest BCUT2D eigenvalue weighted by molar-refractivity contribution is -0.192. The molecule has 0 aromatic heterocycles. The fourth-order valence-electron chi connectivity index (χ4n) is 3.56. The molecule has 2 atom stereocenters. The van der Waals surface area contributed by atoms with E-state index >= 15 is 0 Å². The second-order valence-corrected chi connectivity index (χ2v) is 6.39. The Morgan fingerprint density at radius 1 is 1.22 bits per heavy atom. The SMILES string of the molecule is COCCN1CC[C@H]2[C@@H]1CCC(=O)N2c1ccccc1.O=C(O)C(F)(F)F. The Morgan fingerprint density at radius 3 is 2.41 bits per heavy atom. The van der Waals surface area contributed by atoms with E-state index in [0.717, 1.165) is 38.2 Å². The number of para-hydroxylation sites is 1. The van der Waals surface area contributed by atoms with E-state index in [2.05, 4.69) is 4.90 Å². The van der Waals surface area contributed by atoms with Gasteiger partial charge in [-0.1, -0.05) is 18.2 Å². The van der Waals surface area contributed by atoms with Crippen LogP contribution in [0.2, 0.25) is 0 Å². The molecule has 150 valence electrons. The number of carbonyl (C=O) groups is 2. The zero-order valence-electron chi connectivity index (χ0n) is 15.0. The molecule has 1 aromatic carbocycles. The molecule has 6 nitrogen and oxygen atoms in total. The quantitative estimate of drug-likeness (QED) is 0.859. The van der Waals surface area contributed by atoms with Crippen LogP contribution in [0.15, 0.2) is 30.3 Å². The topological polar surface area (TPSA) is 70.1 Å². The van der Waals surface area contributed by atoms with Crippen molar-refractivity contribution in [3.8, 4) is 0 Å². The smallest absolute Gasteiger partial charge is 0.475 e. The van der Waals surface area contributed by atoms with Crippen molar-refractivity contribution in [1.29, 1.82) is 0 Å². The van der Waals surface area contributed by atoms with Gasteiger partial charge in [-0.05, 0) is 25.0 Å².